The van der Waals surface area contributed by atoms with Crippen molar-refractivity contribution in [1.82, 2.24) is 0 Å². The molecular formula is C14H13BrN2O2. The SMILES string of the molecule is Cc1cccc(C)c1Nc1ccc(Br)cc1[N+](=O)[O-]. The molecule has 0 aromatic heterocycles. The van der Waals surface area contributed by atoms with Gasteiger partial charge in [0, 0.05) is 16.2 Å². The van der Waals surface area contributed by atoms with Gasteiger partial charge in [-0.2, -0.15) is 0 Å². The van der Waals surface area contributed by atoms with Crippen molar-refractivity contribution in [1.29, 1.82) is 0 Å². The van der Waals surface area contributed by atoms with Gasteiger partial charge < -0.3 is 5.32 Å². The summed E-state index contributed by atoms with van der Waals surface area (Å²) < 4.78 is 0.686. The summed E-state index contributed by atoms with van der Waals surface area (Å²) in [5.41, 5.74) is 3.56. The molecule has 0 spiro atoms. The highest BCUT2D eigenvalue weighted by Gasteiger charge is 2.15. The minimum absolute atomic E-state index is 0.0528. The minimum atomic E-state index is -0.388. The molecule has 0 amide bonds. The molecule has 2 aromatic rings. The normalized spacial score (nSPS) is 10.3. The third kappa shape index (κ3) is 2.93. The van der Waals surface area contributed by atoms with E-state index < -0.39 is 0 Å². The van der Waals surface area contributed by atoms with E-state index in [1.807, 2.05) is 32.0 Å². The number of hydrogen-bond acceptors (Lipinski definition) is 3. The van der Waals surface area contributed by atoms with Gasteiger partial charge in [-0.25, -0.2) is 0 Å². The fraction of sp³-hybridized carbons (Fsp3) is 0.143. The number of para-hydroxylation sites is 1. The first-order valence-electron chi connectivity index (χ1n) is 5.76. The van der Waals surface area contributed by atoms with E-state index in [1.54, 1.807) is 12.1 Å². The van der Waals surface area contributed by atoms with Crippen molar-refractivity contribution in [2.24, 2.45) is 0 Å². The van der Waals surface area contributed by atoms with Crippen LogP contribution in [0.3, 0.4) is 0 Å². The number of anilines is 2. The van der Waals surface area contributed by atoms with Crippen LogP contribution in [0.5, 0.6) is 0 Å². The zero-order valence-corrected chi connectivity index (χ0v) is 12.2. The Kier molecular flexibility index (Phi) is 3.85. The highest BCUT2D eigenvalue weighted by Crippen LogP contribution is 2.32. The second-order valence-electron chi connectivity index (χ2n) is 4.31. The molecule has 0 bridgehead atoms. The summed E-state index contributed by atoms with van der Waals surface area (Å²) in [6, 6.07) is 10.9. The van der Waals surface area contributed by atoms with Crippen molar-refractivity contribution >= 4 is 33.0 Å². The van der Waals surface area contributed by atoms with Crippen molar-refractivity contribution < 1.29 is 4.92 Å². The lowest BCUT2D eigenvalue weighted by Gasteiger charge is -2.12. The Morgan fingerprint density at radius 2 is 1.79 bits per heavy atom. The Labute approximate surface area is 119 Å². The fourth-order valence-corrected chi connectivity index (χ4v) is 2.26. The first-order valence-corrected chi connectivity index (χ1v) is 6.55. The largest absolute Gasteiger partial charge is 0.349 e. The van der Waals surface area contributed by atoms with E-state index in [0.717, 1.165) is 16.8 Å². The summed E-state index contributed by atoms with van der Waals surface area (Å²) in [7, 11) is 0. The van der Waals surface area contributed by atoms with Crippen molar-refractivity contribution in [2.75, 3.05) is 5.32 Å². The summed E-state index contributed by atoms with van der Waals surface area (Å²) >= 11 is 3.25. The molecule has 0 saturated carbocycles. The van der Waals surface area contributed by atoms with Crippen molar-refractivity contribution in [3.8, 4) is 0 Å². The molecule has 0 atom stereocenters. The summed E-state index contributed by atoms with van der Waals surface area (Å²) in [5.74, 6) is 0. The lowest BCUT2D eigenvalue weighted by Crippen LogP contribution is -2.00. The third-order valence-electron chi connectivity index (χ3n) is 2.90. The van der Waals surface area contributed by atoms with Crippen molar-refractivity contribution in [2.45, 2.75) is 13.8 Å². The number of rotatable bonds is 3. The summed E-state index contributed by atoms with van der Waals surface area (Å²) in [6.07, 6.45) is 0. The van der Waals surface area contributed by atoms with Gasteiger partial charge in [-0.1, -0.05) is 34.1 Å². The average molecular weight is 321 g/mol. The Balaban J connectivity index is 2.47. The molecular weight excluding hydrogens is 308 g/mol. The van der Waals surface area contributed by atoms with E-state index in [0.29, 0.717) is 10.2 Å². The molecule has 0 aliphatic heterocycles. The third-order valence-corrected chi connectivity index (χ3v) is 3.39. The number of hydrogen-bond donors (Lipinski definition) is 1. The molecule has 1 N–H and O–H groups in total. The molecule has 0 unspecified atom stereocenters. The highest BCUT2D eigenvalue weighted by molar-refractivity contribution is 9.10. The molecule has 0 saturated heterocycles. The number of aryl methyl sites for hydroxylation is 2. The van der Waals surface area contributed by atoms with E-state index in [1.165, 1.54) is 6.07 Å². The van der Waals surface area contributed by atoms with Gasteiger partial charge in [-0.05, 0) is 37.1 Å². The van der Waals surface area contributed by atoms with Crippen LogP contribution in [0.15, 0.2) is 40.9 Å². The first kappa shape index (κ1) is 13.5. The quantitative estimate of drug-likeness (QED) is 0.657. The van der Waals surface area contributed by atoms with Crippen LogP contribution in [0.4, 0.5) is 17.1 Å². The topological polar surface area (TPSA) is 55.2 Å². The number of nitrogens with one attached hydrogen (secondary N) is 1. The summed E-state index contributed by atoms with van der Waals surface area (Å²) in [6.45, 7) is 3.94. The molecule has 0 radical (unpaired) electrons. The second-order valence-corrected chi connectivity index (χ2v) is 5.23. The van der Waals surface area contributed by atoms with Crippen LogP contribution in [0.2, 0.25) is 0 Å². The Morgan fingerprint density at radius 3 is 2.37 bits per heavy atom. The molecule has 4 nitrogen and oxygen atoms in total. The van der Waals surface area contributed by atoms with Crippen LogP contribution in [-0.2, 0) is 0 Å². The van der Waals surface area contributed by atoms with E-state index >= 15 is 0 Å². The van der Waals surface area contributed by atoms with Gasteiger partial charge in [-0.15, -0.1) is 0 Å². The molecule has 0 aliphatic carbocycles. The lowest BCUT2D eigenvalue weighted by atomic mass is 10.1. The van der Waals surface area contributed by atoms with E-state index in [9.17, 15) is 10.1 Å². The van der Waals surface area contributed by atoms with Crippen LogP contribution in [-0.4, -0.2) is 4.92 Å². The number of nitrogens with zero attached hydrogens (tertiary/aromatic N) is 1. The fourth-order valence-electron chi connectivity index (χ4n) is 1.91. The molecule has 19 heavy (non-hydrogen) atoms. The summed E-state index contributed by atoms with van der Waals surface area (Å²) in [4.78, 5) is 10.7. The molecule has 0 fully saturated rings. The Hall–Kier alpha value is -1.88. The maximum Gasteiger partial charge on any atom is 0.293 e. The van der Waals surface area contributed by atoms with Crippen LogP contribution in [0.1, 0.15) is 11.1 Å². The highest BCUT2D eigenvalue weighted by atomic mass is 79.9. The second kappa shape index (κ2) is 5.40. The van der Waals surface area contributed by atoms with Gasteiger partial charge in [0.25, 0.3) is 5.69 Å². The lowest BCUT2D eigenvalue weighted by molar-refractivity contribution is -0.384. The van der Waals surface area contributed by atoms with Crippen molar-refractivity contribution in [3.05, 3.63) is 62.1 Å². The Morgan fingerprint density at radius 1 is 1.16 bits per heavy atom. The summed E-state index contributed by atoms with van der Waals surface area (Å²) in [5, 5.41) is 14.2. The van der Waals surface area contributed by atoms with Crippen molar-refractivity contribution in [3.63, 3.8) is 0 Å². The van der Waals surface area contributed by atoms with Gasteiger partial charge in [0.15, 0.2) is 0 Å². The standard InChI is InChI=1S/C14H13BrN2O2/c1-9-4-3-5-10(2)14(9)16-12-7-6-11(15)8-13(12)17(18)19/h3-8,16H,1-2H3. The zero-order chi connectivity index (χ0) is 14.0. The average Bonchev–Trinajstić information content (AvgIpc) is 2.35. The maximum atomic E-state index is 11.1. The molecule has 0 heterocycles. The van der Waals surface area contributed by atoms with E-state index in [4.69, 9.17) is 0 Å². The van der Waals surface area contributed by atoms with Crippen LogP contribution >= 0.6 is 15.9 Å². The van der Waals surface area contributed by atoms with E-state index in [2.05, 4.69) is 21.2 Å². The maximum absolute atomic E-state index is 11.1. The predicted molar refractivity (Wildman–Crippen MR) is 80.0 cm³/mol. The van der Waals surface area contributed by atoms with Gasteiger partial charge in [-0.3, -0.25) is 10.1 Å². The zero-order valence-electron chi connectivity index (χ0n) is 10.6. The number of halogens is 1. The van der Waals surface area contributed by atoms with Crippen LogP contribution < -0.4 is 5.32 Å². The Bertz CT molecular complexity index is 621. The van der Waals surface area contributed by atoms with Crippen LogP contribution in [0, 0.1) is 24.0 Å². The van der Waals surface area contributed by atoms with Gasteiger partial charge in [0.05, 0.1) is 4.92 Å². The molecule has 98 valence electrons. The van der Waals surface area contributed by atoms with Gasteiger partial charge in [0.1, 0.15) is 5.69 Å². The predicted octanol–water partition coefficient (Wildman–Crippen LogP) is 4.72. The molecule has 2 aromatic carbocycles. The molecule has 0 aliphatic rings. The monoisotopic (exact) mass is 320 g/mol. The van der Waals surface area contributed by atoms with Gasteiger partial charge >= 0.3 is 0 Å². The minimum Gasteiger partial charge on any atom is -0.349 e. The van der Waals surface area contributed by atoms with E-state index in [-0.39, 0.29) is 10.6 Å². The number of benzene rings is 2. The number of nitro groups is 1. The number of nitro benzene ring substituents is 1. The molecule has 2 rings (SSSR count). The molecule has 5 heteroatoms. The first-order chi connectivity index (χ1) is 8.99. The van der Waals surface area contributed by atoms with Gasteiger partial charge in [0.2, 0.25) is 0 Å². The smallest absolute Gasteiger partial charge is 0.293 e. The van der Waals surface area contributed by atoms with Crippen LogP contribution in [0.25, 0.3) is 0 Å².